The van der Waals surface area contributed by atoms with Crippen molar-refractivity contribution in [3.63, 3.8) is 0 Å². The third kappa shape index (κ3) is 5.21. The van der Waals surface area contributed by atoms with Crippen LogP contribution in [0.25, 0.3) is 0 Å². The summed E-state index contributed by atoms with van der Waals surface area (Å²) in [6.45, 7) is 9.29. The molecule has 1 amide bonds. The number of rotatable bonds is 5. The van der Waals surface area contributed by atoms with Gasteiger partial charge in [0.2, 0.25) is 5.91 Å². The van der Waals surface area contributed by atoms with Crippen LogP contribution in [0.2, 0.25) is 0 Å². The number of thiophene rings is 1. The maximum atomic E-state index is 12.1. The van der Waals surface area contributed by atoms with Crippen molar-refractivity contribution >= 4 is 35.3 Å². The highest BCUT2D eigenvalue weighted by Crippen LogP contribution is 2.23. The molecule has 25 heavy (non-hydrogen) atoms. The lowest BCUT2D eigenvalue weighted by atomic mass is 10.1. The van der Waals surface area contributed by atoms with Crippen LogP contribution in [0.1, 0.15) is 16.0 Å². The number of carbonyl (C=O) groups excluding carboxylic acids is 1. The smallest absolute Gasteiger partial charge is 0.234 e. The van der Waals surface area contributed by atoms with Gasteiger partial charge in [0, 0.05) is 36.7 Å². The Bertz CT molecular complexity index is 682. The largest absolute Gasteiger partial charge is 0.369 e. The second kappa shape index (κ2) is 9.22. The molecule has 3 rings (SSSR count). The maximum Gasteiger partial charge on any atom is 0.234 e. The van der Waals surface area contributed by atoms with Crippen LogP contribution in [0.3, 0.4) is 0 Å². The number of amides is 1. The molecule has 0 atom stereocenters. The minimum atomic E-state index is 0. The van der Waals surface area contributed by atoms with Gasteiger partial charge in [-0.2, -0.15) is 0 Å². The van der Waals surface area contributed by atoms with Crippen LogP contribution < -0.4 is 10.2 Å². The van der Waals surface area contributed by atoms with Crippen LogP contribution >= 0.6 is 23.7 Å². The fourth-order valence-electron chi connectivity index (χ4n) is 3.08. The summed E-state index contributed by atoms with van der Waals surface area (Å²) in [6, 6.07) is 10.5. The van der Waals surface area contributed by atoms with Gasteiger partial charge >= 0.3 is 0 Å². The van der Waals surface area contributed by atoms with Gasteiger partial charge < -0.3 is 10.2 Å². The predicted octanol–water partition coefficient (Wildman–Crippen LogP) is 3.23. The topological polar surface area (TPSA) is 35.6 Å². The summed E-state index contributed by atoms with van der Waals surface area (Å²) < 4.78 is 0. The molecule has 2 heterocycles. The zero-order valence-electron chi connectivity index (χ0n) is 14.8. The van der Waals surface area contributed by atoms with Gasteiger partial charge in [0.15, 0.2) is 0 Å². The van der Waals surface area contributed by atoms with Crippen molar-refractivity contribution in [2.45, 2.75) is 20.4 Å². The maximum absolute atomic E-state index is 12.1. The van der Waals surface area contributed by atoms with Crippen LogP contribution in [0.5, 0.6) is 0 Å². The summed E-state index contributed by atoms with van der Waals surface area (Å²) in [5, 5.41) is 5.04. The molecule has 1 fully saturated rings. The highest BCUT2D eigenvalue weighted by Gasteiger charge is 2.20. The molecule has 4 nitrogen and oxygen atoms in total. The third-order valence-electron chi connectivity index (χ3n) is 4.70. The molecule has 0 aliphatic carbocycles. The van der Waals surface area contributed by atoms with Gasteiger partial charge in [-0.05, 0) is 42.5 Å². The molecule has 1 N–H and O–H groups in total. The number of benzene rings is 1. The highest BCUT2D eigenvalue weighted by atomic mass is 35.5. The Morgan fingerprint density at radius 3 is 2.56 bits per heavy atom. The number of carbonyl (C=O) groups is 1. The lowest BCUT2D eigenvalue weighted by Crippen LogP contribution is -2.49. The number of halogens is 1. The quantitative estimate of drug-likeness (QED) is 0.866. The average Bonchev–Trinajstić information content (AvgIpc) is 3.10. The summed E-state index contributed by atoms with van der Waals surface area (Å²) in [5.74, 6) is 0.114. The van der Waals surface area contributed by atoms with E-state index in [1.807, 2.05) is 17.5 Å². The summed E-state index contributed by atoms with van der Waals surface area (Å²) in [5.41, 5.74) is 4.03. The van der Waals surface area contributed by atoms with Crippen molar-refractivity contribution < 1.29 is 4.79 Å². The lowest BCUT2D eigenvalue weighted by Gasteiger charge is -2.36. The van der Waals surface area contributed by atoms with E-state index in [1.165, 1.54) is 21.7 Å². The van der Waals surface area contributed by atoms with Crippen molar-refractivity contribution in [2.75, 3.05) is 37.6 Å². The Hall–Kier alpha value is -1.56. The van der Waals surface area contributed by atoms with E-state index in [-0.39, 0.29) is 18.3 Å². The first-order valence-electron chi connectivity index (χ1n) is 8.46. The zero-order valence-corrected chi connectivity index (χ0v) is 16.5. The number of anilines is 1. The lowest BCUT2D eigenvalue weighted by molar-refractivity contribution is -0.122. The molecule has 2 aromatic rings. The van der Waals surface area contributed by atoms with Crippen molar-refractivity contribution in [2.24, 2.45) is 0 Å². The van der Waals surface area contributed by atoms with E-state index in [9.17, 15) is 4.79 Å². The fraction of sp³-hybridized carbons (Fsp3) is 0.421. The Morgan fingerprint density at radius 2 is 1.88 bits per heavy atom. The van der Waals surface area contributed by atoms with Gasteiger partial charge in [-0.1, -0.05) is 18.2 Å². The molecule has 1 aliphatic heterocycles. The van der Waals surface area contributed by atoms with Gasteiger partial charge in [-0.15, -0.1) is 23.7 Å². The molecule has 136 valence electrons. The molecule has 0 radical (unpaired) electrons. The molecule has 0 bridgehead atoms. The van der Waals surface area contributed by atoms with Crippen LogP contribution in [0.15, 0.2) is 35.7 Å². The molecule has 0 spiro atoms. The van der Waals surface area contributed by atoms with E-state index in [0.29, 0.717) is 13.1 Å². The minimum Gasteiger partial charge on any atom is -0.369 e. The third-order valence-corrected chi connectivity index (χ3v) is 5.57. The molecule has 1 saturated heterocycles. The second-order valence-electron chi connectivity index (χ2n) is 6.34. The fourth-order valence-corrected chi connectivity index (χ4v) is 3.73. The first kappa shape index (κ1) is 19.8. The molecule has 0 unspecified atom stereocenters. The Kier molecular flexibility index (Phi) is 7.29. The average molecular weight is 380 g/mol. The van der Waals surface area contributed by atoms with Crippen LogP contribution in [0.4, 0.5) is 5.69 Å². The van der Waals surface area contributed by atoms with Gasteiger partial charge in [-0.3, -0.25) is 9.69 Å². The first-order chi connectivity index (χ1) is 11.6. The predicted molar refractivity (Wildman–Crippen MR) is 108 cm³/mol. The molecule has 1 aromatic carbocycles. The normalized spacial score (nSPS) is 14.9. The van der Waals surface area contributed by atoms with E-state index >= 15 is 0 Å². The van der Waals surface area contributed by atoms with Crippen molar-refractivity contribution in [3.05, 3.63) is 51.7 Å². The molecule has 1 aromatic heterocycles. The van der Waals surface area contributed by atoms with E-state index in [4.69, 9.17) is 0 Å². The molecular formula is C19H26ClN3OS. The monoisotopic (exact) mass is 379 g/mol. The molecule has 6 heteroatoms. The summed E-state index contributed by atoms with van der Waals surface area (Å²) >= 11 is 1.68. The van der Waals surface area contributed by atoms with E-state index in [2.05, 4.69) is 47.2 Å². The van der Waals surface area contributed by atoms with Gasteiger partial charge in [-0.25, -0.2) is 0 Å². The minimum absolute atomic E-state index is 0. The summed E-state index contributed by atoms with van der Waals surface area (Å²) in [6.07, 6.45) is 0. The van der Waals surface area contributed by atoms with Crippen LogP contribution in [0, 0.1) is 13.8 Å². The van der Waals surface area contributed by atoms with E-state index in [0.717, 1.165) is 26.2 Å². The van der Waals surface area contributed by atoms with Gasteiger partial charge in [0.25, 0.3) is 0 Å². The Labute approximate surface area is 160 Å². The second-order valence-corrected chi connectivity index (χ2v) is 7.37. The number of hydrogen-bond donors (Lipinski definition) is 1. The molecular weight excluding hydrogens is 354 g/mol. The number of hydrogen-bond acceptors (Lipinski definition) is 4. The SMILES string of the molecule is Cc1cccc(N2CCN(CC(=O)NCc3cccs3)CC2)c1C.Cl. The van der Waals surface area contributed by atoms with E-state index < -0.39 is 0 Å². The number of nitrogens with zero attached hydrogens (tertiary/aromatic N) is 2. The Morgan fingerprint density at radius 1 is 1.12 bits per heavy atom. The zero-order chi connectivity index (χ0) is 16.9. The summed E-state index contributed by atoms with van der Waals surface area (Å²) in [4.78, 5) is 18.0. The highest BCUT2D eigenvalue weighted by molar-refractivity contribution is 7.09. The van der Waals surface area contributed by atoms with Crippen molar-refractivity contribution in [1.82, 2.24) is 10.2 Å². The summed E-state index contributed by atoms with van der Waals surface area (Å²) in [7, 11) is 0. The molecule has 0 saturated carbocycles. The van der Waals surface area contributed by atoms with Crippen molar-refractivity contribution in [3.8, 4) is 0 Å². The Balaban J connectivity index is 0.00000225. The first-order valence-corrected chi connectivity index (χ1v) is 9.34. The van der Waals surface area contributed by atoms with Gasteiger partial charge in [0.1, 0.15) is 0 Å². The molecule has 1 aliphatic rings. The van der Waals surface area contributed by atoms with Gasteiger partial charge in [0.05, 0.1) is 13.1 Å². The van der Waals surface area contributed by atoms with Crippen molar-refractivity contribution in [1.29, 1.82) is 0 Å². The number of nitrogens with one attached hydrogen (secondary N) is 1. The number of aryl methyl sites for hydroxylation is 1. The standard InChI is InChI=1S/C19H25N3OS.ClH/c1-15-5-3-7-18(16(15)2)22-10-8-21(9-11-22)14-19(23)20-13-17-6-4-12-24-17;/h3-7,12H,8-11,13-14H2,1-2H3,(H,20,23);1H. The van der Waals surface area contributed by atoms with Crippen LogP contribution in [-0.4, -0.2) is 43.5 Å². The number of piperazine rings is 1. The van der Waals surface area contributed by atoms with Crippen LogP contribution in [-0.2, 0) is 11.3 Å². The van der Waals surface area contributed by atoms with E-state index in [1.54, 1.807) is 11.3 Å².